The minimum absolute atomic E-state index is 0.212. The van der Waals surface area contributed by atoms with Crippen molar-refractivity contribution in [3.63, 3.8) is 0 Å². The maximum Gasteiger partial charge on any atom is 0.134 e. The molecule has 84 valence electrons. The maximum absolute atomic E-state index is 11.3. The number of hydrogen-bond acceptors (Lipinski definition) is 1. The van der Waals surface area contributed by atoms with E-state index in [1.165, 1.54) is 16.5 Å². The van der Waals surface area contributed by atoms with Crippen molar-refractivity contribution in [2.24, 2.45) is 0 Å². The van der Waals surface area contributed by atoms with E-state index >= 15 is 0 Å². The molecule has 0 spiro atoms. The molecule has 0 aliphatic carbocycles. The molecule has 1 N–H and O–H groups in total. The van der Waals surface area contributed by atoms with E-state index in [2.05, 4.69) is 31.0 Å². The number of fused-ring (bicyclic) bond motifs is 1. The lowest BCUT2D eigenvalue weighted by molar-refractivity contribution is -0.116. The monoisotopic (exact) mass is 215 g/mol. The van der Waals surface area contributed by atoms with E-state index in [1.54, 1.807) is 6.92 Å². The summed E-state index contributed by atoms with van der Waals surface area (Å²) in [6, 6.07) is 4.30. The minimum Gasteiger partial charge on any atom is -0.358 e. The first-order valence-corrected chi connectivity index (χ1v) is 5.57. The lowest BCUT2D eigenvalue weighted by Crippen LogP contribution is -1.97. The number of aromatic nitrogens is 1. The summed E-state index contributed by atoms with van der Waals surface area (Å²) in [4.78, 5) is 14.6. The van der Waals surface area contributed by atoms with Crippen molar-refractivity contribution in [1.29, 1.82) is 0 Å². The van der Waals surface area contributed by atoms with Crippen LogP contribution in [-0.4, -0.2) is 10.8 Å². The fourth-order valence-corrected chi connectivity index (χ4v) is 2.40. The van der Waals surface area contributed by atoms with Crippen LogP contribution >= 0.6 is 0 Å². The average Bonchev–Trinajstić information content (AvgIpc) is 2.41. The predicted molar refractivity (Wildman–Crippen MR) is 66.9 cm³/mol. The number of rotatable bonds is 2. The number of hydrogen-bond donors (Lipinski definition) is 1. The highest BCUT2D eigenvalue weighted by atomic mass is 16.1. The molecule has 2 nitrogen and oxygen atoms in total. The van der Waals surface area contributed by atoms with Crippen LogP contribution in [0.1, 0.15) is 29.3 Å². The van der Waals surface area contributed by atoms with Crippen LogP contribution in [0, 0.1) is 20.8 Å². The van der Waals surface area contributed by atoms with E-state index in [1.807, 2.05) is 6.92 Å². The van der Waals surface area contributed by atoms with Gasteiger partial charge in [-0.25, -0.2) is 0 Å². The van der Waals surface area contributed by atoms with Crippen LogP contribution in [0.25, 0.3) is 10.9 Å². The molecule has 2 heteroatoms. The Morgan fingerprint density at radius 1 is 1.25 bits per heavy atom. The third-order valence-corrected chi connectivity index (χ3v) is 2.98. The molecule has 0 atom stereocenters. The quantitative estimate of drug-likeness (QED) is 0.819. The molecular weight excluding hydrogens is 198 g/mol. The first kappa shape index (κ1) is 10.9. The third kappa shape index (κ3) is 1.75. The van der Waals surface area contributed by atoms with Gasteiger partial charge in [0.25, 0.3) is 0 Å². The highest BCUT2D eigenvalue weighted by Crippen LogP contribution is 2.27. The SMILES string of the molecule is CC(=O)Cc1c(C)[nH]c2cc(C)cc(C)c12. The zero-order valence-electron chi connectivity index (χ0n) is 10.3. The third-order valence-electron chi connectivity index (χ3n) is 2.98. The molecule has 1 heterocycles. The van der Waals surface area contributed by atoms with Crippen LogP contribution in [0.4, 0.5) is 0 Å². The number of carbonyl (C=O) groups is 1. The van der Waals surface area contributed by atoms with Crippen molar-refractivity contribution in [3.8, 4) is 0 Å². The Morgan fingerprint density at radius 3 is 2.56 bits per heavy atom. The molecule has 0 bridgehead atoms. The van der Waals surface area contributed by atoms with E-state index in [0.717, 1.165) is 16.8 Å². The van der Waals surface area contributed by atoms with Gasteiger partial charge in [0.15, 0.2) is 0 Å². The Bertz CT molecular complexity index is 564. The van der Waals surface area contributed by atoms with Crippen molar-refractivity contribution in [1.82, 2.24) is 4.98 Å². The van der Waals surface area contributed by atoms with Gasteiger partial charge in [-0.05, 0) is 50.5 Å². The van der Waals surface area contributed by atoms with E-state index in [-0.39, 0.29) is 5.78 Å². The highest BCUT2D eigenvalue weighted by Gasteiger charge is 2.12. The minimum atomic E-state index is 0.212. The highest BCUT2D eigenvalue weighted by molar-refractivity contribution is 5.92. The van der Waals surface area contributed by atoms with E-state index < -0.39 is 0 Å². The summed E-state index contributed by atoms with van der Waals surface area (Å²) in [6.45, 7) is 7.87. The molecule has 0 aliphatic rings. The van der Waals surface area contributed by atoms with Gasteiger partial charge in [0.1, 0.15) is 5.78 Å². The predicted octanol–water partition coefficient (Wildman–Crippen LogP) is 3.22. The summed E-state index contributed by atoms with van der Waals surface area (Å²) in [6.07, 6.45) is 0.524. The summed E-state index contributed by atoms with van der Waals surface area (Å²) in [7, 11) is 0. The molecule has 0 unspecified atom stereocenters. The van der Waals surface area contributed by atoms with Gasteiger partial charge < -0.3 is 4.98 Å². The first-order valence-electron chi connectivity index (χ1n) is 5.57. The van der Waals surface area contributed by atoms with E-state index in [0.29, 0.717) is 6.42 Å². The summed E-state index contributed by atoms with van der Waals surface area (Å²) >= 11 is 0. The molecule has 0 saturated carbocycles. The van der Waals surface area contributed by atoms with E-state index in [9.17, 15) is 4.79 Å². The van der Waals surface area contributed by atoms with Crippen molar-refractivity contribution in [2.75, 3.05) is 0 Å². The zero-order chi connectivity index (χ0) is 11.9. The second-order valence-corrected chi connectivity index (χ2v) is 4.61. The van der Waals surface area contributed by atoms with E-state index in [4.69, 9.17) is 0 Å². The Balaban J connectivity index is 2.73. The number of nitrogens with one attached hydrogen (secondary N) is 1. The van der Waals surface area contributed by atoms with Gasteiger partial charge in [0.2, 0.25) is 0 Å². The number of carbonyl (C=O) groups excluding carboxylic acids is 1. The summed E-state index contributed by atoms with van der Waals surface area (Å²) in [5.74, 6) is 0.212. The maximum atomic E-state index is 11.3. The lowest BCUT2D eigenvalue weighted by atomic mass is 10.0. The smallest absolute Gasteiger partial charge is 0.134 e. The first-order chi connectivity index (χ1) is 7.49. The topological polar surface area (TPSA) is 32.9 Å². The second-order valence-electron chi connectivity index (χ2n) is 4.61. The lowest BCUT2D eigenvalue weighted by Gasteiger charge is -2.02. The average molecular weight is 215 g/mol. The number of benzene rings is 1. The molecule has 2 rings (SSSR count). The van der Waals surface area contributed by atoms with Crippen LogP contribution in [0.2, 0.25) is 0 Å². The van der Waals surface area contributed by atoms with Crippen LogP contribution in [0.5, 0.6) is 0 Å². The number of aromatic amines is 1. The Hall–Kier alpha value is -1.57. The normalized spacial score (nSPS) is 11.0. The molecule has 0 aliphatic heterocycles. The number of ketones is 1. The van der Waals surface area contributed by atoms with Gasteiger partial charge in [-0.15, -0.1) is 0 Å². The molecule has 1 aromatic carbocycles. The molecule has 16 heavy (non-hydrogen) atoms. The van der Waals surface area contributed by atoms with Crippen LogP contribution in [-0.2, 0) is 11.2 Å². The molecule has 0 fully saturated rings. The van der Waals surface area contributed by atoms with Gasteiger partial charge in [0.05, 0.1) is 0 Å². The fourth-order valence-electron chi connectivity index (χ4n) is 2.40. The fraction of sp³-hybridized carbons (Fsp3) is 0.357. The molecule has 0 amide bonds. The summed E-state index contributed by atoms with van der Waals surface area (Å²) in [5.41, 5.74) is 5.90. The van der Waals surface area contributed by atoms with Crippen LogP contribution < -0.4 is 0 Å². The van der Waals surface area contributed by atoms with Crippen LogP contribution in [0.15, 0.2) is 12.1 Å². The summed E-state index contributed by atoms with van der Waals surface area (Å²) in [5, 5.41) is 1.22. The van der Waals surface area contributed by atoms with Gasteiger partial charge in [-0.2, -0.15) is 0 Å². The standard InChI is InChI=1S/C14H17NO/c1-8-5-9(2)14-12(7-10(3)16)11(4)15-13(14)6-8/h5-6,15H,7H2,1-4H3. The second kappa shape index (κ2) is 3.78. The summed E-state index contributed by atoms with van der Waals surface area (Å²) < 4.78 is 0. The van der Waals surface area contributed by atoms with Gasteiger partial charge in [0, 0.05) is 23.0 Å². The van der Waals surface area contributed by atoms with Crippen molar-refractivity contribution in [2.45, 2.75) is 34.1 Å². The van der Waals surface area contributed by atoms with Crippen molar-refractivity contribution < 1.29 is 4.79 Å². The largest absolute Gasteiger partial charge is 0.358 e. The number of H-pyrrole nitrogens is 1. The molecule has 2 aromatic rings. The molecular formula is C14H17NO. The zero-order valence-corrected chi connectivity index (χ0v) is 10.3. The van der Waals surface area contributed by atoms with Crippen LogP contribution in [0.3, 0.4) is 0 Å². The molecule has 0 radical (unpaired) electrons. The molecule has 0 saturated heterocycles. The Labute approximate surface area is 95.7 Å². The van der Waals surface area contributed by atoms with Crippen molar-refractivity contribution in [3.05, 3.63) is 34.5 Å². The Kier molecular flexibility index (Phi) is 2.58. The van der Waals surface area contributed by atoms with Crippen molar-refractivity contribution >= 4 is 16.7 Å². The number of Topliss-reactive ketones (excluding diaryl/α,β-unsaturated/α-hetero) is 1. The molecule has 1 aromatic heterocycles. The van der Waals surface area contributed by atoms with Gasteiger partial charge in [-0.1, -0.05) is 6.07 Å². The Morgan fingerprint density at radius 2 is 1.94 bits per heavy atom. The number of aryl methyl sites for hydroxylation is 3. The van der Waals surface area contributed by atoms with Gasteiger partial charge in [-0.3, -0.25) is 4.79 Å². The van der Waals surface area contributed by atoms with Gasteiger partial charge >= 0.3 is 0 Å².